The first-order chi connectivity index (χ1) is 7.36. The Morgan fingerprint density at radius 3 is 2.29 bits per heavy atom. The molecule has 5 heteroatoms. The van der Waals surface area contributed by atoms with Gasteiger partial charge in [-0.25, -0.2) is 0 Å². The van der Waals surface area contributed by atoms with E-state index in [0.29, 0.717) is 0 Å². The molecule has 1 saturated heterocycles. The first-order valence-electron chi connectivity index (χ1n) is 5.47. The molecular weight excluding hydrogens is 259 g/mol. The van der Waals surface area contributed by atoms with Gasteiger partial charge >= 0.3 is 0 Å². The summed E-state index contributed by atoms with van der Waals surface area (Å²) in [5, 5.41) is 0. The van der Waals surface area contributed by atoms with E-state index in [4.69, 9.17) is 10.5 Å². The number of ether oxygens (including phenoxy) is 1. The standard InChI is InChI=1S/C12H18N2O.2ClH/c13-12(11-4-2-1-3-5-11)10-14-6-8-15-9-7-14;;/h1-5,12H,6-10,13H2;2*1H/t12-;;/m1../s1. The van der Waals surface area contributed by atoms with Gasteiger partial charge in [0, 0.05) is 25.7 Å². The minimum Gasteiger partial charge on any atom is -0.379 e. The zero-order chi connectivity index (χ0) is 10.5. The van der Waals surface area contributed by atoms with Gasteiger partial charge in [0.05, 0.1) is 13.2 Å². The number of nitrogens with two attached hydrogens (primary N) is 1. The summed E-state index contributed by atoms with van der Waals surface area (Å²) >= 11 is 0. The molecule has 0 saturated carbocycles. The van der Waals surface area contributed by atoms with Crippen molar-refractivity contribution in [2.75, 3.05) is 32.8 Å². The maximum absolute atomic E-state index is 6.14. The third-order valence-electron chi connectivity index (χ3n) is 2.79. The van der Waals surface area contributed by atoms with E-state index < -0.39 is 0 Å². The number of halogens is 2. The predicted molar refractivity (Wildman–Crippen MR) is 75.1 cm³/mol. The van der Waals surface area contributed by atoms with Gasteiger partial charge in [0.2, 0.25) is 0 Å². The normalized spacial score (nSPS) is 17.7. The molecule has 0 amide bonds. The second-order valence-corrected chi connectivity index (χ2v) is 3.93. The number of rotatable bonds is 3. The molecule has 0 unspecified atom stereocenters. The van der Waals surface area contributed by atoms with Crippen LogP contribution < -0.4 is 5.73 Å². The second-order valence-electron chi connectivity index (χ2n) is 3.93. The topological polar surface area (TPSA) is 38.5 Å². The average Bonchev–Trinajstić information content (AvgIpc) is 2.31. The fourth-order valence-corrected chi connectivity index (χ4v) is 1.87. The molecule has 2 rings (SSSR count). The lowest BCUT2D eigenvalue weighted by atomic mass is 10.1. The number of hydrogen-bond acceptors (Lipinski definition) is 3. The summed E-state index contributed by atoms with van der Waals surface area (Å²) in [4.78, 5) is 2.36. The Bertz CT molecular complexity index is 292. The number of benzene rings is 1. The largest absolute Gasteiger partial charge is 0.379 e. The molecule has 1 atom stereocenters. The highest BCUT2D eigenvalue weighted by Crippen LogP contribution is 2.11. The Hall–Kier alpha value is -0.320. The van der Waals surface area contributed by atoms with Crippen molar-refractivity contribution >= 4 is 24.8 Å². The van der Waals surface area contributed by atoms with Crippen molar-refractivity contribution in [1.82, 2.24) is 4.90 Å². The molecule has 98 valence electrons. The molecular formula is C12H20Cl2N2O. The van der Waals surface area contributed by atoms with Crippen molar-refractivity contribution in [3.8, 4) is 0 Å². The summed E-state index contributed by atoms with van der Waals surface area (Å²) < 4.78 is 5.30. The Kier molecular flexibility index (Phi) is 8.56. The quantitative estimate of drug-likeness (QED) is 0.918. The second kappa shape index (κ2) is 8.72. The zero-order valence-electron chi connectivity index (χ0n) is 9.75. The third kappa shape index (κ3) is 5.23. The minimum absolute atomic E-state index is 0. The monoisotopic (exact) mass is 278 g/mol. The van der Waals surface area contributed by atoms with E-state index in [0.717, 1.165) is 32.8 Å². The molecule has 1 aliphatic heterocycles. The number of hydrogen-bond donors (Lipinski definition) is 1. The molecule has 1 heterocycles. The molecule has 17 heavy (non-hydrogen) atoms. The maximum atomic E-state index is 6.14. The highest BCUT2D eigenvalue weighted by molar-refractivity contribution is 5.85. The summed E-state index contributed by atoms with van der Waals surface area (Å²) in [7, 11) is 0. The Morgan fingerprint density at radius 1 is 1.12 bits per heavy atom. The highest BCUT2D eigenvalue weighted by Gasteiger charge is 2.14. The van der Waals surface area contributed by atoms with Gasteiger partial charge in [-0.15, -0.1) is 24.8 Å². The maximum Gasteiger partial charge on any atom is 0.0594 e. The van der Waals surface area contributed by atoms with Crippen LogP contribution in [-0.2, 0) is 4.74 Å². The molecule has 1 aromatic rings. The predicted octanol–water partition coefficient (Wildman–Crippen LogP) is 1.86. The van der Waals surface area contributed by atoms with Crippen LogP contribution in [0.5, 0.6) is 0 Å². The van der Waals surface area contributed by atoms with Gasteiger partial charge in [-0.2, -0.15) is 0 Å². The fourth-order valence-electron chi connectivity index (χ4n) is 1.87. The molecule has 2 N–H and O–H groups in total. The third-order valence-corrected chi connectivity index (χ3v) is 2.79. The van der Waals surface area contributed by atoms with Crippen LogP contribution >= 0.6 is 24.8 Å². The van der Waals surface area contributed by atoms with E-state index in [9.17, 15) is 0 Å². The first-order valence-corrected chi connectivity index (χ1v) is 5.47. The van der Waals surface area contributed by atoms with Crippen LogP contribution in [0.3, 0.4) is 0 Å². The van der Waals surface area contributed by atoms with E-state index in [1.165, 1.54) is 5.56 Å². The van der Waals surface area contributed by atoms with Crippen LogP contribution in [0.2, 0.25) is 0 Å². The zero-order valence-corrected chi connectivity index (χ0v) is 11.4. The van der Waals surface area contributed by atoms with E-state index in [1.54, 1.807) is 0 Å². The molecule has 1 aromatic carbocycles. The van der Waals surface area contributed by atoms with Gasteiger partial charge in [-0.3, -0.25) is 4.90 Å². The Labute approximate surface area is 115 Å². The Morgan fingerprint density at radius 2 is 1.71 bits per heavy atom. The summed E-state index contributed by atoms with van der Waals surface area (Å²) in [6.07, 6.45) is 0. The van der Waals surface area contributed by atoms with E-state index in [-0.39, 0.29) is 30.9 Å². The van der Waals surface area contributed by atoms with Gasteiger partial charge in [0.25, 0.3) is 0 Å². The van der Waals surface area contributed by atoms with Crippen molar-refractivity contribution in [3.05, 3.63) is 35.9 Å². The van der Waals surface area contributed by atoms with Crippen molar-refractivity contribution in [1.29, 1.82) is 0 Å². The van der Waals surface area contributed by atoms with E-state index in [2.05, 4.69) is 17.0 Å². The SMILES string of the molecule is Cl.Cl.N[C@H](CN1CCOCC1)c1ccccc1. The molecule has 1 aliphatic rings. The fraction of sp³-hybridized carbons (Fsp3) is 0.500. The van der Waals surface area contributed by atoms with Crippen molar-refractivity contribution < 1.29 is 4.74 Å². The summed E-state index contributed by atoms with van der Waals surface area (Å²) in [5.41, 5.74) is 7.36. The smallest absolute Gasteiger partial charge is 0.0594 e. The molecule has 1 fully saturated rings. The summed E-state index contributed by atoms with van der Waals surface area (Å²) in [6, 6.07) is 10.4. The van der Waals surface area contributed by atoms with Gasteiger partial charge in [0.15, 0.2) is 0 Å². The molecule has 0 radical (unpaired) electrons. The Balaban J connectivity index is 0.00000128. The minimum atomic E-state index is 0. The molecule has 0 bridgehead atoms. The van der Waals surface area contributed by atoms with Gasteiger partial charge < -0.3 is 10.5 Å². The number of morpholine rings is 1. The summed E-state index contributed by atoms with van der Waals surface area (Å²) in [5.74, 6) is 0. The lowest BCUT2D eigenvalue weighted by molar-refractivity contribution is 0.0352. The van der Waals surface area contributed by atoms with Crippen molar-refractivity contribution in [2.24, 2.45) is 5.73 Å². The lowest BCUT2D eigenvalue weighted by Gasteiger charge is -2.29. The van der Waals surface area contributed by atoms with Crippen LogP contribution in [-0.4, -0.2) is 37.7 Å². The van der Waals surface area contributed by atoms with E-state index >= 15 is 0 Å². The van der Waals surface area contributed by atoms with Gasteiger partial charge in [-0.1, -0.05) is 30.3 Å². The molecule has 0 spiro atoms. The van der Waals surface area contributed by atoms with Crippen LogP contribution in [0.15, 0.2) is 30.3 Å². The van der Waals surface area contributed by atoms with E-state index in [1.807, 2.05) is 18.2 Å². The van der Waals surface area contributed by atoms with Crippen molar-refractivity contribution in [3.63, 3.8) is 0 Å². The molecule has 3 nitrogen and oxygen atoms in total. The van der Waals surface area contributed by atoms with Crippen LogP contribution in [0, 0.1) is 0 Å². The highest BCUT2D eigenvalue weighted by atomic mass is 35.5. The van der Waals surface area contributed by atoms with Crippen molar-refractivity contribution in [2.45, 2.75) is 6.04 Å². The first kappa shape index (κ1) is 16.7. The molecule has 0 aliphatic carbocycles. The van der Waals surface area contributed by atoms with Crippen LogP contribution in [0.4, 0.5) is 0 Å². The van der Waals surface area contributed by atoms with Crippen LogP contribution in [0.25, 0.3) is 0 Å². The van der Waals surface area contributed by atoms with Crippen LogP contribution in [0.1, 0.15) is 11.6 Å². The number of nitrogens with zero attached hydrogens (tertiary/aromatic N) is 1. The average molecular weight is 279 g/mol. The van der Waals surface area contributed by atoms with Gasteiger partial charge in [-0.05, 0) is 5.56 Å². The summed E-state index contributed by atoms with van der Waals surface area (Å²) in [6.45, 7) is 4.59. The van der Waals surface area contributed by atoms with Gasteiger partial charge in [0.1, 0.15) is 0 Å². The molecule has 0 aromatic heterocycles. The lowest BCUT2D eigenvalue weighted by Crippen LogP contribution is -2.40.